The zero-order chi connectivity index (χ0) is 28.5. The fourth-order valence-corrected chi connectivity index (χ4v) is 6.34. The SMILES string of the molecule is CCn1c(N2CCC(=O)NC2=O)cnc1-c1ccc2c(n1)[C@@H](CO)N(Cc1ccc(O[C@@H]3CCCC[C@@H]3C)cc1)C2. The molecule has 2 aliphatic heterocycles. The lowest BCUT2D eigenvalue weighted by molar-refractivity contribution is -0.120. The van der Waals surface area contributed by atoms with E-state index in [-0.39, 0.29) is 25.0 Å². The van der Waals surface area contributed by atoms with Gasteiger partial charge in [0.15, 0.2) is 5.82 Å². The van der Waals surface area contributed by atoms with Crippen molar-refractivity contribution in [3.8, 4) is 17.3 Å². The fourth-order valence-electron chi connectivity index (χ4n) is 6.34. The number of aliphatic hydroxyl groups excluding tert-OH is 1. The largest absolute Gasteiger partial charge is 0.490 e. The number of pyridine rings is 1. The molecule has 3 aromatic rings. The number of rotatable bonds is 8. The third kappa shape index (κ3) is 5.46. The third-order valence-electron chi connectivity index (χ3n) is 8.65. The van der Waals surface area contributed by atoms with Gasteiger partial charge < -0.3 is 14.4 Å². The zero-order valence-electron chi connectivity index (χ0n) is 23.8. The van der Waals surface area contributed by atoms with Crippen LogP contribution in [0.15, 0.2) is 42.6 Å². The minimum atomic E-state index is -0.441. The minimum Gasteiger partial charge on any atom is -0.490 e. The van der Waals surface area contributed by atoms with Gasteiger partial charge in [0.2, 0.25) is 5.91 Å². The molecule has 216 valence electrons. The van der Waals surface area contributed by atoms with E-state index in [9.17, 15) is 14.7 Å². The number of hydrogen-bond acceptors (Lipinski definition) is 7. The first-order chi connectivity index (χ1) is 19.9. The van der Waals surface area contributed by atoms with Gasteiger partial charge in [-0.1, -0.05) is 31.5 Å². The first-order valence-corrected chi connectivity index (χ1v) is 14.7. The van der Waals surface area contributed by atoms with Crippen LogP contribution in [-0.2, 0) is 24.4 Å². The summed E-state index contributed by atoms with van der Waals surface area (Å²) in [5, 5.41) is 12.8. The summed E-state index contributed by atoms with van der Waals surface area (Å²) in [7, 11) is 0. The molecule has 0 bridgehead atoms. The highest BCUT2D eigenvalue weighted by Crippen LogP contribution is 2.36. The van der Waals surface area contributed by atoms with Gasteiger partial charge in [0.1, 0.15) is 23.4 Å². The second kappa shape index (κ2) is 11.6. The molecule has 1 aromatic carbocycles. The number of anilines is 1. The summed E-state index contributed by atoms with van der Waals surface area (Å²) in [6.45, 7) is 6.49. The Labute approximate surface area is 240 Å². The van der Waals surface area contributed by atoms with E-state index >= 15 is 0 Å². The molecule has 1 aliphatic carbocycles. The van der Waals surface area contributed by atoms with Gasteiger partial charge in [-0.15, -0.1) is 0 Å². The van der Waals surface area contributed by atoms with Crippen LogP contribution in [0.3, 0.4) is 0 Å². The minimum absolute atomic E-state index is 0.0420. The van der Waals surface area contributed by atoms with Crippen LogP contribution in [0.4, 0.5) is 10.6 Å². The molecule has 3 atom stereocenters. The van der Waals surface area contributed by atoms with Crippen LogP contribution >= 0.6 is 0 Å². The molecule has 0 unspecified atom stereocenters. The zero-order valence-corrected chi connectivity index (χ0v) is 23.8. The van der Waals surface area contributed by atoms with Crippen molar-refractivity contribution in [1.82, 2.24) is 24.8 Å². The summed E-state index contributed by atoms with van der Waals surface area (Å²) in [4.78, 5) is 37.4. The maximum absolute atomic E-state index is 12.5. The number of urea groups is 1. The van der Waals surface area contributed by atoms with Crippen LogP contribution in [0.25, 0.3) is 11.5 Å². The first kappa shape index (κ1) is 27.4. The number of carbonyl (C=O) groups excluding carboxylic acids is 2. The van der Waals surface area contributed by atoms with Crippen molar-refractivity contribution in [3.63, 3.8) is 0 Å². The molecule has 2 aromatic heterocycles. The Bertz CT molecular complexity index is 1420. The van der Waals surface area contributed by atoms with Gasteiger partial charge in [0.25, 0.3) is 0 Å². The van der Waals surface area contributed by atoms with Crippen LogP contribution in [0.2, 0.25) is 0 Å². The van der Waals surface area contributed by atoms with Gasteiger partial charge >= 0.3 is 6.03 Å². The molecule has 3 aliphatic rings. The Morgan fingerprint density at radius 2 is 1.90 bits per heavy atom. The number of nitrogens with one attached hydrogen (secondary N) is 1. The predicted octanol–water partition coefficient (Wildman–Crippen LogP) is 4.42. The highest BCUT2D eigenvalue weighted by atomic mass is 16.5. The van der Waals surface area contributed by atoms with Gasteiger partial charge in [0, 0.05) is 32.6 Å². The number of fused-ring (bicyclic) bond motifs is 1. The van der Waals surface area contributed by atoms with Crippen LogP contribution < -0.4 is 15.0 Å². The van der Waals surface area contributed by atoms with E-state index in [0.717, 1.165) is 29.0 Å². The quantitative estimate of drug-likeness (QED) is 0.421. The van der Waals surface area contributed by atoms with Crippen molar-refractivity contribution in [3.05, 3.63) is 59.4 Å². The molecule has 4 heterocycles. The fraction of sp³-hybridized carbons (Fsp3) is 0.484. The topological polar surface area (TPSA) is 113 Å². The Morgan fingerprint density at radius 3 is 2.63 bits per heavy atom. The molecule has 41 heavy (non-hydrogen) atoms. The van der Waals surface area contributed by atoms with E-state index in [4.69, 9.17) is 9.72 Å². The molecular formula is C31H38N6O4. The summed E-state index contributed by atoms with van der Waals surface area (Å²) in [5.41, 5.74) is 3.78. The second-order valence-corrected chi connectivity index (χ2v) is 11.3. The smallest absolute Gasteiger partial charge is 0.329 e. The van der Waals surface area contributed by atoms with Crippen molar-refractivity contribution in [2.75, 3.05) is 18.1 Å². The van der Waals surface area contributed by atoms with Crippen molar-refractivity contribution in [2.24, 2.45) is 5.92 Å². The number of benzene rings is 1. The number of imidazole rings is 1. The second-order valence-electron chi connectivity index (χ2n) is 11.3. The maximum atomic E-state index is 12.5. The lowest BCUT2D eigenvalue weighted by Crippen LogP contribution is -2.50. The highest BCUT2D eigenvalue weighted by Gasteiger charge is 2.33. The number of imide groups is 1. The van der Waals surface area contributed by atoms with E-state index in [0.29, 0.717) is 55.5 Å². The van der Waals surface area contributed by atoms with Crippen LogP contribution in [0, 0.1) is 5.92 Å². The molecular weight excluding hydrogens is 520 g/mol. The van der Waals surface area contributed by atoms with Crippen molar-refractivity contribution in [2.45, 2.75) is 77.7 Å². The average molecular weight is 559 g/mol. The van der Waals surface area contributed by atoms with Crippen molar-refractivity contribution >= 4 is 17.8 Å². The molecule has 2 N–H and O–H groups in total. The maximum Gasteiger partial charge on any atom is 0.329 e. The van der Waals surface area contributed by atoms with E-state index in [1.165, 1.54) is 19.3 Å². The predicted molar refractivity (Wildman–Crippen MR) is 154 cm³/mol. The van der Waals surface area contributed by atoms with E-state index < -0.39 is 6.03 Å². The van der Waals surface area contributed by atoms with Crippen LogP contribution in [0.1, 0.15) is 68.8 Å². The number of amides is 3. The van der Waals surface area contributed by atoms with E-state index in [1.54, 1.807) is 11.1 Å². The lowest BCUT2D eigenvalue weighted by atomic mass is 9.88. The summed E-state index contributed by atoms with van der Waals surface area (Å²) >= 11 is 0. The Morgan fingerprint density at radius 1 is 1.10 bits per heavy atom. The third-order valence-corrected chi connectivity index (χ3v) is 8.65. The molecule has 0 spiro atoms. The number of hydrogen-bond donors (Lipinski definition) is 2. The van der Waals surface area contributed by atoms with Crippen molar-refractivity contribution in [1.29, 1.82) is 0 Å². The molecule has 3 amide bonds. The molecule has 1 saturated carbocycles. The van der Waals surface area contributed by atoms with Gasteiger partial charge in [0.05, 0.1) is 24.5 Å². The summed E-state index contributed by atoms with van der Waals surface area (Å²) < 4.78 is 8.23. The number of aromatic nitrogens is 3. The van der Waals surface area contributed by atoms with Crippen LogP contribution in [0.5, 0.6) is 5.75 Å². The van der Waals surface area contributed by atoms with Gasteiger partial charge in [-0.3, -0.25) is 19.9 Å². The van der Waals surface area contributed by atoms with E-state index in [1.807, 2.05) is 17.6 Å². The first-order valence-electron chi connectivity index (χ1n) is 14.7. The lowest BCUT2D eigenvalue weighted by Gasteiger charge is -2.29. The number of aliphatic hydroxyl groups is 1. The molecule has 10 heteroatoms. The summed E-state index contributed by atoms with van der Waals surface area (Å²) in [6, 6.07) is 11.7. The standard InChI is InChI=1S/C31H38N6O4/c1-3-36-28(37-15-14-27(39)34-31(37)40)16-32-30(36)24-13-10-22-18-35(25(19-38)29(22)33-24)17-21-8-11-23(12-9-21)41-26-7-5-4-6-20(26)2/h8-13,16,20,25-26,38H,3-7,14-15,17-19H2,1-2H3,(H,34,39,40)/t20-,25+,26+/m0/s1. The molecule has 2 fully saturated rings. The Kier molecular flexibility index (Phi) is 7.77. The summed E-state index contributed by atoms with van der Waals surface area (Å²) in [6.07, 6.45) is 7.08. The monoisotopic (exact) mass is 558 g/mol. The number of ether oxygens (including phenoxy) is 1. The molecule has 10 nitrogen and oxygen atoms in total. The molecule has 1 saturated heterocycles. The van der Waals surface area contributed by atoms with Crippen LogP contribution in [-0.4, -0.2) is 55.7 Å². The van der Waals surface area contributed by atoms with Gasteiger partial charge in [-0.2, -0.15) is 0 Å². The Balaban J connectivity index is 1.18. The average Bonchev–Trinajstić information content (AvgIpc) is 3.55. The number of nitrogens with zero attached hydrogens (tertiary/aromatic N) is 5. The van der Waals surface area contributed by atoms with Gasteiger partial charge in [-0.05, 0) is 61.4 Å². The Hall–Kier alpha value is -3.76. The molecule has 6 rings (SSSR count). The molecule has 0 radical (unpaired) electrons. The highest BCUT2D eigenvalue weighted by molar-refractivity contribution is 6.05. The van der Waals surface area contributed by atoms with Crippen molar-refractivity contribution < 1.29 is 19.4 Å². The summed E-state index contributed by atoms with van der Waals surface area (Å²) in [5.74, 6) is 2.51. The van der Waals surface area contributed by atoms with E-state index in [2.05, 4.69) is 52.5 Å². The normalized spacial score (nSPS) is 23.0. The van der Waals surface area contributed by atoms with Gasteiger partial charge in [-0.25, -0.2) is 14.8 Å². The number of carbonyl (C=O) groups is 2.